The molecule has 1 atom stereocenters. The van der Waals surface area contributed by atoms with Crippen LogP contribution in [0.5, 0.6) is 5.75 Å². The maximum atomic E-state index is 12.6. The van der Waals surface area contributed by atoms with E-state index in [4.69, 9.17) is 9.84 Å². The topological polar surface area (TPSA) is 163 Å². The highest BCUT2D eigenvalue weighted by atomic mass is 16.5. The molecule has 1 aliphatic carbocycles. The van der Waals surface area contributed by atoms with Gasteiger partial charge in [0.25, 0.3) is 5.91 Å². The monoisotopic (exact) mass is 592 g/mol. The molecule has 1 saturated carbocycles. The number of nitriles is 1. The lowest BCUT2D eigenvalue weighted by molar-refractivity contribution is -0.117. The molecule has 1 unspecified atom stereocenters. The third kappa shape index (κ3) is 5.80. The fraction of sp³-hybridized carbons (Fsp3) is 0.323. The smallest absolute Gasteiger partial charge is 0.273 e. The first-order chi connectivity index (χ1) is 21.4. The summed E-state index contributed by atoms with van der Waals surface area (Å²) in [6.07, 6.45) is 3.67. The molecule has 0 bridgehead atoms. The van der Waals surface area contributed by atoms with E-state index in [1.807, 2.05) is 47.3 Å². The summed E-state index contributed by atoms with van der Waals surface area (Å²) in [5.41, 5.74) is 3.82. The van der Waals surface area contributed by atoms with Gasteiger partial charge in [0.15, 0.2) is 17.3 Å². The van der Waals surface area contributed by atoms with Crippen LogP contribution < -0.4 is 20.7 Å². The molecule has 0 radical (unpaired) electrons. The molecule has 44 heavy (non-hydrogen) atoms. The number of hydrogen-bond acceptors (Lipinski definition) is 10. The van der Waals surface area contributed by atoms with Crippen molar-refractivity contribution in [3.63, 3.8) is 0 Å². The van der Waals surface area contributed by atoms with Crippen molar-refractivity contribution in [2.24, 2.45) is 5.92 Å². The van der Waals surface area contributed by atoms with Gasteiger partial charge < -0.3 is 20.7 Å². The number of aromatic nitrogens is 5. The number of methoxy groups -OCH3 is 1. The van der Waals surface area contributed by atoms with Gasteiger partial charge in [0, 0.05) is 49.9 Å². The van der Waals surface area contributed by atoms with Crippen LogP contribution in [-0.2, 0) is 4.79 Å². The summed E-state index contributed by atoms with van der Waals surface area (Å²) in [6.45, 7) is 3.70. The Labute approximate surface area is 254 Å². The minimum absolute atomic E-state index is 0.00619. The molecule has 1 aromatic carbocycles. The highest BCUT2D eigenvalue weighted by Gasteiger charge is 2.34. The molecule has 3 N–H and O–H groups in total. The zero-order valence-electron chi connectivity index (χ0n) is 24.6. The van der Waals surface area contributed by atoms with E-state index in [9.17, 15) is 14.9 Å². The largest absolute Gasteiger partial charge is 0.494 e. The van der Waals surface area contributed by atoms with E-state index in [0.717, 1.165) is 42.9 Å². The zero-order chi connectivity index (χ0) is 30.8. The summed E-state index contributed by atoms with van der Waals surface area (Å²) in [4.78, 5) is 31.6. The second-order valence-corrected chi connectivity index (χ2v) is 10.9. The lowest BCUT2D eigenvalue weighted by Crippen LogP contribution is -2.48. The van der Waals surface area contributed by atoms with Crippen molar-refractivity contribution < 1.29 is 14.3 Å². The lowest BCUT2D eigenvalue weighted by atomic mass is 10.0. The highest BCUT2D eigenvalue weighted by molar-refractivity contribution is 6.00. The Hall–Kier alpha value is -5.35. The number of ether oxygens (including phenoxy) is 1. The Morgan fingerprint density at radius 2 is 1.89 bits per heavy atom. The van der Waals surface area contributed by atoms with Gasteiger partial charge >= 0.3 is 0 Å². The molecule has 6 rings (SSSR count). The number of para-hydroxylation sites is 1. The van der Waals surface area contributed by atoms with Crippen molar-refractivity contribution in [2.75, 3.05) is 37.9 Å². The van der Waals surface area contributed by atoms with Crippen LogP contribution in [0.4, 0.5) is 17.2 Å². The lowest BCUT2D eigenvalue weighted by Gasteiger charge is -2.42. The number of likely N-dealkylation sites (tertiary alicyclic amines) is 1. The van der Waals surface area contributed by atoms with E-state index in [1.54, 1.807) is 19.2 Å². The minimum Gasteiger partial charge on any atom is -0.494 e. The summed E-state index contributed by atoms with van der Waals surface area (Å²) in [5, 5.41) is 30.8. The van der Waals surface area contributed by atoms with Crippen LogP contribution in [0, 0.1) is 17.2 Å². The summed E-state index contributed by atoms with van der Waals surface area (Å²) in [7, 11) is 3.09. The molecule has 224 valence electrons. The van der Waals surface area contributed by atoms with Gasteiger partial charge in [-0.3, -0.25) is 19.2 Å². The average molecular weight is 593 g/mol. The van der Waals surface area contributed by atoms with Crippen LogP contribution in [0.1, 0.15) is 53.7 Å². The Bertz CT molecular complexity index is 1750. The van der Waals surface area contributed by atoms with Gasteiger partial charge in [0.1, 0.15) is 11.8 Å². The maximum Gasteiger partial charge on any atom is 0.273 e. The first-order valence-corrected chi connectivity index (χ1v) is 14.4. The highest BCUT2D eigenvalue weighted by Crippen LogP contribution is 2.39. The number of pyridine rings is 1. The average Bonchev–Trinajstić information content (AvgIpc) is 3.78. The number of hydrogen-bond donors (Lipinski definition) is 3. The first kappa shape index (κ1) is 28.8. The van der Waals surface area contributed by atoms with Gasteiger partial charge in [-0.15, -0.1) is 10.2 Å². The maximum absolute atomic E-state index is 12.6. The summed E-state index contributed by atoms with van der Waals surface area (Å²) >= 11 is 0. The van der Waals surface area contributed by atoms with Crippen molar-refractivity contribution in [3.8, 4) is 23.1 Å². The summed E-state index contributed by atoms with van der Waals surface area (Å²) < 4.78 is 7.80. The number of nitrogens with zero attached hydrogens (tertiary/aromatic N) is 7. The number of anilines is 3. The number of carbonyl (C=O) groups excluding carboxylic acids is 2. The fourth-order valence-electron chi connectivity index (χ4n) is 5.20. The predicted octanol–water partition coefficient (Wildman–Crippen LogP) is 3.68. The molecule has 1 aliphatic heterocycles. The van der Waals surface area contributed by atoms with E-state index in [0.29, 0.717) is 22.8 Å². The fourth-order valence-corrected chi connectivity index (χ4v) is 5.20. The van der Waals surface area contributed by atoms with Gasteiger partial charge in [-0.1, -0.05) is 12.1 Å². The number of rotatable bonds is 10. The summed E-state index contributed by atoms with van der Waals surface area (Å²) in [5.74, 6) is 0.248. The number of nitrogens with one attached hydrogen (secondary N) is 3. The first-order valence-electron chi connectivity index (χ1n) is 14.4. The van der Waals surface area contributed by atoms with Crippen LogP contribution in [0.3, 0.4) is 0 Å². The standard InChI is InChI=1S/C31H32N10O3/c1-18(23-8-4-6-20(15-32)34-23)40-16-21(17-40)41-13-12-24(39-41)22-7-5-9-25(29(22)44-3)35-26-14-27(36-30(42)19-10-11-19)37-38-28(26)31(43)33-2/h4-9,12-14,18-19,21H,10-11,16-17H2,1-3H3,(H,33,43)(H2,35,36,37,42). The molecule has 2 amide bonds. The van der Waals surface area contributed by atoms with Crippen LogP contribution in [0.15, 0.2) is 54.7 Å². The van der Waals surface area contributed by atoms with E-state index in [2.05, 4.69) is 49.0 Å². The van der Waals surface area contributed by atoms with E-state index in [-0.39, 0.29) is 35.4 Å². The van der Waals surface area contributed by atoms with Crippen LogP contribution in [0.25, 0.3) is 11.3 Å². The Morgan fingerprint density at radius 1 is 1.09 bits per heavy atom. The molecule has 13 heteroatoms. The third-order valence-electron chi connectivity index (χ3n) is 7.93. The predicted molar refractivity (Wildman–Crippen MR) is 162 cm³/mol. The second-order valence-electron chi connectivity index (χ2n) is 10.9. The second kappa shape index (κ2) is 12.1. The molecular weight excluding hydrogens is 560 g/mol. The molecule has 4 aromatic rings. The van der Waals surface area contributed by atoms with Crippen molar-refractivity contribution in [1.29, 1.82) is 5.26 Å². The van der Waals surface area contributed by atoms with Gasteiger partial charge in [0.2, 0.25) is 5.91 Å². The van der Waals surface area contributed by atoms with Gasteiger partial charge in [-0.25, -0.2) is 4.98 Å². The Balaban J connectivity index is 1.20. The molecule has 0 spiro atoms. The van der Waals surface area contributed by atoms with E-state index >= 15 is 0 Å². The zero-order valence-corrected chi connectivity index (χ0v) is 24.6. The number of amides is 2. The summed E-state index contributed by atoms with van der Waals surface area (Å²) in [6, 6.07) is 17.1. The third-order valence-corrected chi connectivity index (χ3v) is 7.93. The Morgan fingerprint density at radius 3 is 2.61 bits per heavy atom. The van der Waals surface area contributed by atoms with E-state index in [1.165, 1.54) is 7.05 Å². The minimum atomic E-state index is -0.425. The normalized spacial score (nSPS) is 15.5. The number of benzene rings is 1. The molecule has 2 aliphatic rings. The van der Waals surface area contributed by atoms with Crippen molar-refractivity contribution in [3.05, 3.63) is 71.8 Å². The van der Waals surface area contributed by atoms with Crippen LogP contribution in [0.2, 0.25) is 0 Å². The molecule has 2 fully saturated rings. The molecular formula is C31H32N10O3. The van der Waals surface area contributed by atoms with Crippen molar-refractivity contribution in [2.45, 2.75) is 31.8 Å². The van der Waals surface area contributed by atoms with Crippen LogP contribution >= 0.6 is 0 Å². The number of carbonyl (C=O) groups is 2. The molecule has 3 aromatic heterocycles. The molecule has 1 saturated heterocycles. The SMILES string of the molecule is CNC(=O)c1nnc(NC(=O)C2CC2)cc1Nc1cccc(-c2ccn(C3CN(C(C)c4cccc(C#N)n4)C3)n2)c1OC. The van der Waals surface area contributed by atoms with Gasteiger partial charge in [-0.05, 0) is 50.1 Å². The quantitative estimate of drug-likeness (QED) is 0.248. The Kier molecular flexibility index (Phi) is 7.91. The molecule has 4 heterocycles. The van der Waals surface area contributed by atoms with Gasteiger partial charge in [-0.2, -0.15) is 10.4 Å². The van der Waals surface area contributed by atoms with Crippen LogP contribution in [-0.4, -0.2) is 68.9 Å². The van der Waals surface area contributed by atoms with Gasteiger partial charge in [0.05, 0.1) is 35.9 Å². The van der Waals surface area contributed by atoms with Crippen molar-refractivity contribution >= 4 is 29.0 Å². The molecule has 13 nitrogen and oxygen atoms in total. The van der Waals surface area contributed by atoms with E-state index < -0.39 is 5.91 Å². The van der Waals surface area contributed by atoms with Crippen molar-refractivity contribution in [1.82, 2.24) is 35.2 Å².